The van der Waals surface area contributed by atoms with Gasteiger partial charge >= 0.3 is 0 Å². The van der Waals surface area contributed by atoms with Gasteiger partial charge in [-0.15, -0.1) is 0 Å². The minimum absolute atomic E-state index is 0.143. The van der Waals surface area contributed by atoms with Gasteiger partial charge in [-0.2, -0.15) is 0 Å². The molecule has 15 heavy (non-hydrogen) atoms. The summed E-state index contributed by atoms with van der Waals surface area (Å²) in [5.74, 6) is 0.143. The van der Waals surface area contributed by atoms with Crippen LogP contribution >= 0.6 is 21.7 Å². The van der Waals surface area contributed by atoms with Crippen LogP contribution in [0, 0.1) is 0 Å². The maximum atomic E-state index is 11.3. The van der Waals surface area contributed by atoms with E-state index in [1.165, 1.54) is 22.1 Å². The van der Waals surface area contributed by atoms with Crippen LogP contribution in [0.1, 0.15) is 18.1 Å². The van der Waals surface area contributed by atoms with Crippen LogP contribution in [-0.2, 0) is 17.8 Å². The van der Waals surface area contributed by atoms with Gasteiger partial charge < -0.3 is 4.90 Å². The van der Waals surface area contributed by atoms with E-state index in [2.05, 4.69) is 12.1 Å². The summed E-state index contributed by atoms with van der Waals surface area (Å²) in [6.45, 7) is 3.16. The summed E-state index contributed by atoms with van der Waals surface area (Å²) in [6.07, 6.45) is 0.947. The predicted molar refractivity (Wildman–Crippen MR) is 62.9 cm³/mol. The second-order valence-corrected chi connectivity index (χ2v) is 4.79. The van der Waals surface area contributed by atoms with E-state index < -0.39 is 0 Å². The van der Waals surface area contributed by atoms with Crippen molar-refractivity contribution >= 4 is 27.6 Å². The Morgan fingerprint density at radius 1 is 1.47 bits per heavy atom. The number of halogens is 1. The van der Waals surface area contributed by atoms with Crippen LogP contribution in [0.25, 0.3) is 0 Å². The van der Waals surface area contributed by atoms with E-state index in [1.807, 2.05) is 11.0 Å². The molecule has 0 radical (unpaired) electrons. The lowest BCUT2D eigenvalue weighted by atomic mass is 10.00. The van der Waals surface area contributed by atoms with E-state index in [0.29, 0.717) is 0 Å². The number of fused-ring (bicyclic) bond motifs is 1. The fourth-order valence-electron chi connectivity index (χ4n) is 1.85. The third-order valence-electron chi connectivity index (χ3n) is 2.72. The first-order valence-electron chi connectivity index (χ1n) is 4.86. The Labute approximate surface area is 98.1 Å². The van der Waals surface area contributed by atoms with Crippen LogP contribution < -0.4 is 0 Å². The number of hydrogen-bond acceptors (Lipinski definition) is 2. The van der Waals surface area contributed by atoms with Crippen molar-refractivity contribution in [1.82, 2.24) is 4.90 Å². The highest BCUT2D eigenvalue weighted by Gasteiger charge is 2.17. The highest BCUT2D eigenvalue weighted by Crippen LogP contribution is 2.27. The fourth-order valence-corrected chi connectivity index (χ4v) is 2.44. The zero-order chi connectivity index (χ0) is 10.8. The van der Waals surface area contributed by atoms with E-state index in [1.54, 1.807) is 6.92 Å². The minimum Gasteiger partial charge on any atom is -0.338 e. The first kappa shape index (κ1) is 10.8. The Morgan fingerprint density at radius 3 is 2.93 bits per heavy atom. The molecule has 0 aromatic heterocycles. The number of nitrogens with zero attached hydrogens (tertiary/aromatic N) is 1. The van der Waals surface area contributed by atoms with Gasteiger partial charge in [-0.05, 0) is 51.3 Å². The number of hydrogen-bond donors (Lipinski definition) is 0. The summed E-state index contributed by atoms with van der Waals surface area (Å²) in [5, 5.41) is 0. The summed E-state index contributed by atoms with van der Waals surface area (Å²) in [5.41, 5.74) is 2.56. The van der Waals surface area contributed by atoms with Gasteiger partial charge in [-0.25, -0.2) is 0 Å². The molecule has 1 aliphatic heterocycles. The van der Waals surface area contributed by atoms with Crippen molar-refractivity contribution in [2.24, 2.45) is 0 Å². The second-order valence-electron chi connectivity index (χ2n) is 3.70. The number of carbonyl (C=O) groups excluding carboxylic acids is 1. The zero-order valence-corrected chi connectivity index (χ0v) is 10.1. The number of benzene rings is 1. The molecule has 1 heterocycles. The lowest BCUT2D eigenvalue weighted by Crippen LogP contribution is -2.34. The Bertz CT molecular complexity index is 394. The van der Waals surface area contributed by atoms with Crippen molar-refractivity contribution in [1.29, 1.82) is 0 Å². The molecule has 0 bridgehead atoms. The van der Waals surface area contributed by atoms with Crippen molar-refractivity contribution in [3.05, 3.63) is 29.3 Å². The van der Waals surface area contributed by atoms with Gasteiger partial charge in [0.05, 0.1) is 0 Å². The van der Waals surface area contributed by atoms with Crippen LogP contribution in [0.3, 0.4) is 0 Å². The molecule has 0 saturated carbocycles. The quantitative estimate of drug-likeness (QED) is 0.754. The van der Waals surface area contributed by atoms with Gasteiger partial charge in [0.15, 0.2) is 0 Å². The normalized spacial score (nSPS) is 14.9. The van der Waals surface area contributed by atoms with E-state index in [9.17, 15) is 4.79 Å². The predicted octanol–water partition coefficient (Wildman–Crippen LogP) is 2.84. The molecule has 4 heteroatoms. The Hall–Kier alpha value is -0.670. The lowest BCUT2D eigenvalue weighted by molar-refractivity contribution is -0.129. The fraction of sp³-hybridized carbons (Fsp3) is 0.364. The van der Waals surface area contributed by atoms with Gasteiger partial charge in [0.2, 0.25) is 5.91 Å². The number of carbonyl (C=O) groups is 1. The SMILES string of the molecule is CC(=O)N1CCc2ccc(SCl)cc2C1. The molecule has 0 N–H and O–H groups in total. The molecular formula is C11H12ClNOS. The van der Waals surface area contributed by atoms with Crippen molar-refractivity contribution in [3.63, 3.8) is 0 Å². The van der Waals surface area contributed by atoms with Crippen molar-refractivity contribution < 1.29 is 4.79 Å². The van der Waals surface area contributed by atoms with Crippen molar-refractivity contribution in [2.75, 3.05) is 6.54 Å². The molecule has 0 aliphatic carbocycles. The first-order valence-corrected chi connectivity index (χ1v) is 6.51. The van der Waals surface area contributed by atoms with Crippen LogP contribution in [-0.4, -0.2) is 17.4 Å². The molecular weight excluding hydrogens is 230 g/mol. The van der Waals surface area contributed by atoms with Gasteiger partial charge in [0.1, 0.15) is 0 Å². The molecule has 1 aliphatic rings. The monoisotopic (exact) mass is 241 g/mol. The Kier molecular flexibility index (Phi) is 3.22. The van der Waals surface area contributed by atoms with Gasteiger partial charge in [0, 0.05) is 24.9 Å². The van der Waals surface area contributed by atoms with Crippen LogP contribution in [0.2, 0.25) is 0 Å². The number of rotatable bonds is 1. The average molecular weight is 242 g/mol. The molecule has 80 valence electrons. The van der Waals surface area contributed by atoms with Crippen molar-refractivity contribution in [2.45, 2.75) is 24.8 Å². The summed E-state index contributed by atoms with van der Waals surface area (Å²) in [4.78, 5) is 14.2. The van der Waals surface area contributed by atoms with Crippen LogP contribution in [0.4, 0.5) is 0 Å². The smallest absolute Gasteiger partial charge is 0.219 e. The molecule has 0 atom stereocenters. The minimum atomic E-state index is 0.143. The summed E-state index contributed by atoms with van der Waals surface area (Å²) in [6, 6.07) is 6.21. The molecule has 0 fully saturated rings. The highest BCUT2D eigenvalue weighted by molar-refractivity contribution is 8.21. The summed E-state index contributed by atoms with van der Waals surface area (Å²) < 4.78 is 0. The average Bonchev–Trinajstić information content (AvgIpc) is 2.27. The molecule has 2 nitrogen and oxygen atoms in total. The van der Waals surface area contributed by atoms with Crippen molar-refractivity contribution in [3.8, 4) is 0 Å². The molecule has 2 rings (SSSR count). The molecule has 1 aromatic carbocycles. The standard InChI is InChI=1S/C11H12ClNOS/c1-8(14)13-5-4-9-2-3-11(15-12)6-10(9)7-13/h2-3,6H,4-5,7H2,1H3. The zero-order valence-electron chi connectivity index (χ0n) is 8.50. The molecule has 0 saturated heterocycles. The first-order chi connectivity index (χ1) is 7.20. The Balaban J connectivity index is 2.27. The summed E-state index contributed by atoms with van der Waals surface area (Å²) in [7, 11) is 6.92. The van der Waals surface area contributed by atoms with Gasteiger partial charge in [0.25, 0.3) is 0 Å². The largest absolute Gasteiger partial charge is 0.338 e. The molecule has 1 aromatic rings. The maximum absolute atomic E-state index is 11.3. The van der Waals surface area contributed by atoms with E-state index >= 15 is 0 Å². The Morgan fingerprint density at radius 2 is 2.27 bits per heavy atom. The maximum Gasteiger partial charge on any atom is 0.219 e. The van der Waals surface area contributed by atoms with Gasteiger partial charge in [-0.3, -0.25) is 4.79 Å². The van der Waals surface area contributed by atoms with Crippen LogP contribution in [0.15, 0.2) is 23.1 Å². The second kappa shape index (κ2) is 4.45. The van der Waals surface area contributed by atoms with Gasteiger partial charge in [-0.1, -0.05) is 6.07 Å². The van der Waals surface area contributed by atoms with E-state index in [-0.39, 0.29) is 5.91 Å². The lowest BCUT2D eigenvalue weighted by Gasteiger charge is -2.28. The molecule has 1 amide bonds. The van der Waals surface area contributed by atoms with Crippen LogP contribution in [0.5, 0.6) is 0 Å². The summed E-state index contributed by atoms with van der Waals surface area (Å²) >= 11 is 0. The third kappa shape index (κ3) is 2.29. The highest BCUT2D eigenvalue weighted by atomic mass is 35.7. The topological polar surface area (TPSA) is 20.3 Å². The number of amides is 1. The molecule has 0 unspecified atom stereocenters. The molecule has 0 spiro atoms. The van der Waals surface area contributed by atoms with E-state index in [4.69, 9.17) is 10.7 Å². The third-order valence-corrected chi connectivity index (χ3v) is 3.69. The van der Waals surface area contributed by atoms with E-state index in [0.717, 1.165) is 24.4 Å².